The third kappa shape index (κ3) is 7.40. The highest BCUT2D eigenvalue weighted by atomic mass is 16.5. The minimum Gasteiger partial charge on any atom is -0.493 e. The van der Waals surface area contributed by atoms with Crippen LogP contribution in [0.3, 0.4) is 0 Å². The van der Waals surface area contributed by atoms with E-state index in [1.807, 2.05) is 45.9 Å². The van der Waals surface area contributed by atoms with E-state index in [0.717, 1.165) is 5.56 Å². The molecule has 1 heterocycles. The molecule has 0 aliphatic rings. The van der Waals surface area contributed by atoms with Gasteiger partial charge in [0.25, 0.3) is 0 Å². The van der Waals surface area contributed by atoms with E-state index in [9.17, 15) is 14.4 Å². The summed E-state index contributed by atoms with van der Waals surface area (Å²) in [4.78, 5) is 42.2. The van der Waals surface area contributed by atoms with Crippen LogP contribution in [0.2, 0.25) is 0 Å². The molecule has 40 heavy (non-hydrogen) atoms. The zero-order valence-corrected chi connectivity index (χ0v) is 24.2. The number of ether oxygens (including phenoxy) is 2. The number of nitrogens with zero attached hydrogens (tertiary/aromatic N) is 2. The van der Waals surface area contributed by atoms with E-state index in [-0.39, 0.29) is 18.7 Å². The van der Waals surface area contributed by atoms with E-state index in [4.69, 9.17) is 14.0 Å². The number of nitrogens with one attached hydrogen (secondary N) is 2. The van der Waals surface area contributed by atoms with Crippen molar-refractivity contribution in [2.75, 3.05) is 24.4 Å². The molecule has 0 unspecified atom stereocenters. The molecule has 0 bridgehead atoms. The van der Waals surface area contributed by atoms with Gasteiger partial charge >= 0.3 is 0 Å². The molecule has 10 heteroatoms. The number of carbonyl (C=O) groups excluding carboxylic acids is 3. The van der Waals surface area contributed by atoms with Gasteiger partial charge in [0.1, 0.15) is 11.8 Å². The molecule has 0 fully saturated rings. The molecule has 0 aliphatic carbocycles. The second kappa shape index (κ2) is 13.1. The molecule has 1 atom stereocenters. The lowest BCUT2D eigenvalue weighted by Crippen LogP contribution is -2.50. The summed E-state index contributed by atoms with van der Waals surface area (Å²) >= 11 is 0. The fourth-order valence-corrected chi connectivity index (χ4v) is 4.40. The van der Waals surface area contributed by atoms with Crippen LogP contribution in [-0.4, -0.2) is 42.6 Å². The average Bonchev–Trinajstić information content (AvgIpc) is 3.32. The minimum absolute atomic E-state index is 0.127. The molecule has 3 amide bonds. The first kappa shape index (κ1) is 30.2. The van der Waals surface area contributed by atoms with Gasteiger partial charge in [0.15, 0.2) is 17.3 Å². The third-order valence-corrected chi connectivity index (χ3v) is 6.09. The lowest BCUT2D eigenvalue weighted by atomic mass is 9.97. The molecule has 10 nitrogen and oxygen atoms in total. The number of aromatic nitrogens is 1. The van der Waals surface area contributed by atoms with Crippen LogP contribution in [0.5, 0.6) is 11.5 Å². The van der Waals surface area contributed by atoms with E-state index in [1.165, 1.54) is 19.1 Å². The largest absolute Gasteiger partial charge is 0.493 e. The Morgan fingerprint density at radius 1 is 1.02 bits per heavy atom. The Balaban J connectivity index is 2.10. The lowest BCUT2D eigenvalue weighted by molar-refractivity contribution is -0.128. The molecule has 0 spiro atoms. The van der Waals surface area contributed by atoms with Crippen molar-refractivity contribution in [2.24, 2.45) is 0 Å². The summed E-state index contributed by atoms with van der Waals surface area (Å²) in [7, 11) is 3.00. The molecule has 0 saturated carbocycles. The van der Waals surface area contributed by atoms with Gasteiger partial charge in [-0.1, -0.05) is 42.4 Å². The van der Waals surface area contributed by atoms with Gasteiger partial charge in [-0.3, -0.25) is 19.3 Å². The molecular weight excluding hydrogens is 512 g/mol. The molecule has 1 aromatic heterocycles. The quantitative estimate of drug-likeness (QED) is 0.346. The van der Waals surface area contributed by atoms with Crippen molar-refractivity contribution in [3.05, 3.63) is 65.4 Å². The summed E-state index contributed by atoms with van der Waals surface area (Å²) in [6, 6.07) is 13.1. The van der Waals surface area contributed by atoms with Gasteiger partial charge in [-0.2, -0.15) is 0 Å². The second-order valence-corrected chi connectivity index (χ2v) is 10.3. The molecule has 0 radical (unpaired) electrons. The van der Waals surface area contributed by atoms with Crippen molar-refractivity contribution in [3.8, 4) is 11.5 Å². The van der Waals surface area contributed by atoms with Gasteiger partial charge in [0, 0.05) is 35.7 Å². The topological polar surface area (TPSA) is 123 Å². The van der Waals surface area contributed by atoms with Gasteiger partial charge in [0.2, 0.25) is 17.7 Å². The highest BCUT2D eigenvalue weighted by molar-refractivity contribution is 6.04. The second-order valence-electron chi connectivity index (χ2n) is 10.3. The molecule has 2 aromatic carbocycles. The first-order chi connectivity index (χ1) is 19.0. The molecule has 3 aromatic rings. The minimum atomic E-state index is -1.12. The number of aryl methyl sites for hydroxylation is 2. The zero-order chi connectivity index (χ0) is 29.4. The van der Waals surface area contributed by atoms with E-state index < -0.39 is 29.3 Å². The zero-order valence-electron chi connectivity index (χ0n) is 24.2. The van der Waals surface area contributed by atoms with Gasteiger partial charge < -0.3 is 24.6 Å². The van der Waals surface area contributed by atoms with Crippen LogP contribution in [-0.2, 0) is 20.8 Å². The number of hydrogen-bond donors (Lipinski definition) is 2. The molecule has 214 valence electrons. The maximum absolute atomic E-state index is 14.1. The van der Waals surface area contributed by atoms with Crippen LogP contribution in [0, 0.1) is 6.92 Å². The van der Waals surface area contributed by atoms with Gasteiger partial charge in [-0.25, -0.2) is 0 Å². The smallest absolute Gasteiger partial charge is 0.248 e. The van der Waals surface area contributed by atoms with Crippen LogP contribution in [0.4, 0.5) is 11.5 Å². The molecule has 0 saturated heterocycles. The Bertz CT molecular complexity index is 1340. The maximum atomic E-state index is 14.1. The highest BCUT2D eigenvalue weighted by Gasteiger charge is 2.37. The molecule has 0 aliphatic heterocycles. The van der Waals surface area contributed by atoms with Crippen molar-refractivity contribution >= 4 is 29.2 Å². The molecule has 3 rings (SSSR count). The number of benzene rings is 2. The van der Waals surface area contributed by atoms with Gasteiger partial charge in [-0.15, -0.1) is 0 Å². The monoisotopic (exact) mass is 550 g/mol. The number of hydrogen-bond acceptors (Lipinski definition) is 7. The summed E-state index contributed by atoms with van der Waals surface area (Å²) in [5.41, 5.74) is 1.30. The predicted octanol–water partition coefficient (Wildman–Crippen LogP) is 4.97. The van der Waals surface area contributed by atoms with Gasteiger partial charge in [-0.05, 0) is 51.8 Å². The number of anilines is 2. The third-order valence-electron chi connectivity index (χ3n) is 6.09. The Hall–Kier alpha value is -4.34. The summed E-state index contributed by atoms with van der Waals surface area (Å²) in [5.74, 6) is 0.365. The Kier molecular flexibility index (Phi) is 9.93. The Morgan fingerprint density at radius 2 is 1.75 bits per heavy atom. The van der Waals surface area contributed by atoms with Crippen molar-refractivity contribution in [3.63, 3.8) is 0 Å². The first-order valence-electron chi connectivity index (χ1n) is 13.1. The van der Waals surface area contributed by atoms with Crippen LogP contribution >= 0.6 is 0 Å². The molecular formula is C30H38N4O6. The Morgan fingerprint density at radius 3 is 2.35 bits per heavy atom. The normalized spacial score (nSPS) is 11.9. The fourth-order valence-electron chi connectivity index (χ4n) is 4.40. The van der Waals surface area contributed by atoms with Crippen LogP contribution < -0.4 is 25.0 Å². The summed E-state index contributed by atoms with van der Waals surface area (Å²) < 4.78 is 16.2. The summed E-state index contributed by atoms with van der Waals surface area (Å²) in [5, 5.41) is 9.43. The first-order valence-corrected chi connectivity index (χ1v) is 13.1. The number of carbonyl (C=O) groups is 3. The van der Waals surface area contributed by atoms with E-state index >= 15 is 0 Å². The van der Waals surface area contributed by atoms with Crippen molar-refractivity contribution < 1.29 is 28.4 Å². The van der Waals surface area contributed by atoms with Crippen LogP contribution in [0.1, 0.15) is 63.5 Å². The van der Waals surface area contributed by atoms with Crippen molar-refractivity contribution in [1.82, 2.24) is 10.5 Å². The number of para-hydroxylation sites is 2. The van der Waals surface area contributed by atoms with Gasteiger partial charge in [0.05, 0.1) is 14.2 Å². The fraction of sp³-hybridized carbons (Fsp3) is 0.400. The van der Waals surface area contributed by atoms with Crippen LogP contribution in [0.15, 0.2) is 53.1 Å². The predicted molar refractivity (Wildman–Crippen MR) is 153 cm³/mol. The van der Waals surface area contributed by atoms with Crippen LogP contribution in [0.25, 0.3) is 0 Å². The van der Waals surface area contributed by atoms with E-state index in [1.54, 1.807) is 37.3 Å². The summed E-state index contributed by atoms with van der Waals surface area (Å²) in [6.07, 6.45) is 0.333. The highest BCUT2D eigenvalue weighted by Crippen LogP contribution is 2.40. The maximum Gasteiger partial charge on any atom is 0.248 e. The SMILES string of the molecule is CCc1ccccc1N(C(=O)CCC(=O)Nc1cc(C)on1)[C@H](C(=O)NC(C)(C)C)c1cccc(OC)c1OC. The van der Waals surface area contributed by atoms with Crippen molar-refractivity contribution in [2.45, 2.75) is 65.5 Å². The standard InChI is InChI=1S/C30H38N4O6/c1-8-20-12-9-10-14-22(20)34(26(36)17-16-25(35)31-24-18-19(2)40-33-24)27(29(37)32-30(3,4)5)21-13-11-15-23(38-6)28(21)39-7/h9-15,18,27H,8,16-17H2,1-7H3,(H,32,37)(H,31,33,35)/t27-/m0/s1. The summed E-state index contributed by atoms with van der Waals surface area (Å²) in [6.45, 7) is 9.29. The van der Waals surface area contributed by atoms with E-state index in [0.29, 0.717) is 34.9 Å². The molecule has 2 N–H and O–H groups in total. The number of amides is 3. The Labute approximate surface area is 235 Å². The number of rotatable bonds is 11. The van der Waals surface area contributed by atoms with E-state index in [2.05, 4.69) is 15.8 Å². The number of methoxy groups -OCH3 is 2. The average molecular weight is 551 g/mol. The lowest BCUT2D eigenvalue weighted by Gasteiger charge is -2.35. The van der Waals surface area contributed by atoms with Crippen molar-refractivity contribution in [1.29, 1.82) is 0 Å².